The Labute approximate surface area is 78.6 Å². The summed E-state index contributed by atoms with van der Waals surface area (Å²) in [6.07, 6.45) is -1.27. The second-order valence-electron chi connectivity index (χ2n) is 2.41. The van der Waals surface area contributed by atoms with E-state index >= 15 is 0 Å². The fourth-order valence-corrected chi connectivity index (χ4v) is 1.52. The van der Waals surface area contributed by atoms with Crippen LogP contribution < -0.4 is 0 Å². The van der Waals surface area contributed by atoms with E-state index in [0.29, 0.717) is 15.5 Å². The average molecular weight is 200 g/mol. The first kappa shape index (κ1) is 9.66. The number of thiazole rings is 1. The molecule has 1 heterocycles. The molecule has 0 unspecified atom stereocenters. The van der Waals surface area contributed by atoms with Crippen molar-refractivity contribution in [3.05, 3.63) is 16.1 Å². The Bertz CT molecular complexity index is 347. The largest absolute Gasteiger partial charge is 0.465 e. The second-order valence-corrected chi connectivity index (χ2v) is 3.27. The number of aromatic nitrogens is 1. The van der Waals surface area contributed by atoms with Crippen LogP contribution in [0.25, 0.3) is 0 Å². The van der Waals surface area contributed by atoms with Gasteiger partial charge < -0.3 is 5.11 Å². The molecule has 1 rings (SSSR count). The quantitative estimate of drug-likeness (QED) is 0.739. The summed E-state index contributed by atoms with van der Waals surface area (Å²) in [5.41, 5.74) is 2.07. The molecule has 0 radical (unpaired) electrons. The summed E-state index contributed by atoms with van der Waals surface area (Å²) < 4.78 is 0. The summed E-state index contributed by atoms with van der Waals surface area (Å²) in [5.74, 6) is -0.535. The van der Waals surface area contributed by atoms with Crippen molar-refractivity contribution in [2.24, 2.45) is 0 Å². The topological polar surface area (TPSA) is 70.5 Å². The van der Waals surface area contributed by atoms with Crippen LogP contribution in [0.5, 0.6) is 0 Å². The van der Waals surface area contributed by atoms with E-state index in [2.05, 4.69) is 4.98 Å². The molecule has 0 saturated heterocycles. The molecule has 13 heavy (non-hydrogen) atoms. The Morgan fingerprint density at radius 3 is 2.62 bits per heavy atom. The van der Waals surface area contributed by atoms with Crippen molar-refractivity contribution in [3.63, 3.8) is 0 Å². The fourth-order valence-electron chi connectivity index (χ4n) is 0.746. The number of imide groups is 1. The van der Waals surface area contributed by atoms with Gasteiger partial charge in [0.1, 0.15) is 4.88 Å². The Morgan fingerprint density at radius 1 is 1.62 bits per heavy atom. The van der Waals surface area contributed by atoms with E-state index in [0.717, 1.165) is 11.3 Å². The van der Waals surface area contributed by atoms with E-state index in [9.17, 15) is 9.59 Å². The maximum absolute atomic E-state index is 11.4. The Hall–Kier alpha value is -1.43. The van der Waals surface area contributed by atoms with Gasteiger partial charge in [-0.1, -0.05) is 0 Å². The van der Waals surface area contributed by atoms with Crippen LogP contribution in [0.15, 0.2) is 5.51 Å². The predicted octanol–water partition coefficient (Wildman–Crippen LogP) is 1.20. The number of amides is 2. The van der Waals surface area contributed by atoms with Gasteiger partial charge in [0.25, 0.3) is 5.91 Å². The highest BCUT2D eigenvalue weighted by Gasteiger charge is 2.20. The molecule has 1 aromatic rings. The van der Waals surface area contributed by atoms with Crippen molar-refractivity contribution in [1.29, 1.82) is 0 Å². The van der Waals surface area contributed by atoms with Crippen molar-refractivity contribution >= 4 is 23.3 Å². The number of hydrogen-bond donors (Lipinski definition) is 1. The van der Waals surface area contributed by atoms with Gasteiger partial charge in [0, 0.05) is 7.05 Å². The lowest BCUT2D eigenvalue weighted by Crippen LogP contribution is -2.31. The minimum Gasteiger partial charge on any atom is -0.465 e. The molecule has 1 aromatic heterocycles. The van der Waals surface area contributed by atoms with Gasteiger partial charge >= 0.3 is 6.09 Å². The van der Waals surface area contributed by atoms with Crippen LogP contribution in [0.3, 0.4) is 0 Å². The molecule has 5 nitrogen and oxygen atoms in total. The Kier molecular flexibility index (Phi) is 2.62. The third-order valence-electron chi connectivity index (χ3n) is 1.53. The van der Waals surface area contributed by atoms with E-state index in [4.69, 9.17) is 5.11 Å². The predicted molar refractivity (Wildman–Crippen MR) is 47.0 cm³/mol. The molecule has 2 amide bonds. The van der Waals surface area contributed by atoms with Gasteiger partial charge in [-0.15, -0.1) is 11.3 Å². The zero-order valence-electron chi connectivity index (χ0n) is 7.14. The highest BCUT2D eigenvalue weighted by Crippen LogP contribution is 2.14. The van der Waals surface area contributed by atoms with Crippen LogP contribution >= 0.6 is 11.3 Å². The highest BCUT2D eigenvalue weighted by atomic mass is 32.1. The van der Waals surface area contributed by atoms with Crippen LogP contribution in [0, 0.1) is 6.92 Å². The van der Waals surface area contributed by atoms with Gasteiger partial charge in [0.2, 0.25) is 0 Å². The zero-order chi connectivity index (χ0) is 10.0. The molecular formula is C7H8N2O3S. The fraction of sp³-hybridized carbons (Fsp3) is 0.286. The second kappa shape index (κ2) is 3.53. The molecule has 0 saturated carbocycles. The van der Waals surface area contributed by atoms with E-state index in [1.807, 2.05) is 0 Å². The van der Waals surface area contributed by atoms with Gasteiger partial charge in [-0.25, -0.2) is 14.7 Å². The van der Waals surface area contributed by atoms with Crippen LogP contribution in [-0.2, 0) is 0 Å². The third-order valence-corrected chi connectivity index (χ3v) is 2.45. The number of rotatable bonds is 1. The molecular weight excluding hydrogens is 192 g/mol. The average Bonchev–Trinajstić information content (AvgIpc) is 2.48. The Morgan fingerprint density at radius 2 is 2.23 bits per heavy atom. The molecule has 0 aliphatic rings. The summed E-state index contributed by atoms with van der Waals surface area (Å²) in [6, 6.07) is 0. The maximum Gasteiger partial charge on any atom is 0.414 e. The first-order chi connectivity index (χ1) is 6.04. The molecule has 0 spiro atoms. The molecule has 0 aliphatic carbocycles. The van der Waals surface area contributed by atoms with Gasteiger partial charge in [0.05, 0.1) is 11.2 Å². The van der Waals surface area contributed by atoms with E-state index < -0.39 is 12.0 Å². The summed E-state index contributed by atoms with van der Waals surface area (Å²) in [5, 5.41) is 8.53. The molecule has 1 N–H and O–H groups in total. The number of aryl methyl sites for hydroxylation is 1. The summed E-state index contributed by atoms with van der Waals surface area (Å²) in [6.45, 7) is 1.67. The lowest BCUT2D eigenvalue weighted by molar-refractivity contribution is 0.0785. The van der Waals surface area contributed by atoms with Gasteiger partial charge in [-0.3, -0.25) is 4.79 Å². The van der Waals surface area contributed by atoms with E-state index in [1.54, 1.807) is 6.92 Å². The van der Waals surface area contributed by atoms with Crippen LogP contribution in [0.2, 0.25) is 0 Å². The standard InChI is InChI=1S/C7H8N2O3S/c1-4-5(13-3-8-4)6(10)9(2)7(11)12/h3H,1-2H3,(H,11,12). The van der Waals surface area contributed by atoms with Gasteiger partial charge in [0.15, 0.2) is 0 Å². The van der Waals surface area contributed by atoms with Crippen molar-refractivity contribution in [1.82, 2.24) is 9.88 Å². The van der Waals surface area contributed by atoms with Crippen molar-refractivity contribution in [3.8, 4) is 0 Å². The number of nitrogens with zero attached hydrogens (tertiary/aromatic N) is 2. The normalized spacial score (nSPS) is 9.69. The van der Waals surface area contributed by atoms with Gasteiger partial charge in [-0.2, -0.15) is 0 Å². The SMILES string of the molecule is Cc1ncsc1C(=O)N(C)C(=O)O. The summed E-state index contributed by atoms with van der Waals surface area (Å²) in [7, 11) is 1.21. The van der Waals surface area contributed by atoms with Crippen molar-refractivity contribution < 1.29 is 14.7 Å². The van der Waals surface area contributed by atoms with Crippen molar-refractivity contribution in [2.45, 2.75) is 6.92 Å². The monoisotopic (exact) mass is 200 g/mol. The third kappa shape index (κ3) is 1.83. The number of hydrogen-bond acceptors (Lipinski definition) is 4. The van der Waals surface area contributed by atoms with Crippen molar-refractivity contribution in [2.75, 3.05) is 7.05 Å². The van der Waals surface area contributed by atoms with Crippen LogP contribution in [0.4, 0.5) is 4.79 Å². The molecule has 0 fully saturated rings. The summed E-state index contributed by atoms with van der Waals surface area (Å²) in [4.78, 5) is 26.7. The minimum atomic E-state index is -1.27. The van der Waals surface area contributed by atoms with Crippen LogP contribution in [-0.4, -0.2) is 34.0 Å². The summed E-state index contributed by atoms with van der Waals surface area (Å²) >= 11 is 1.14. The number of carbonyl (C=O) groups is 2. The van der Waals surface area contributed by atoms with E-state index in [1.165, 1.54) is 12.6 Å². The molecule has 0 aromatic carbocycles. The zero-order valence-corrected chi connectivity index (χ0v) is 7.96. The molecule has 0 bridgehead atoms. The molecule has 0 aliphatic heterocycles. The number of carboxylic acid groups (broad SMARTS) is 1. The first-order valence-electron chi connectivity index (χ1n) is 3.45. The molecule has 6 heteroatoms. The molecule has 70 valence electrons. The molecule has 0 atom stereocenters. The highest BCUT2D eigenvalue weighted by molar-refractivity contribution is 7.11. The Balaban J connectivity index is 2.92. The minimum absolute atomic E-state index is 0.366. The first-order valence-corrected chi connectivity index (χ1v) is 4.33. The van der Waals surface area contributed by atoms with E-state index in [-0.39, 0.29) is 0 Å². The maximum atomic E-state index is 11.4. The lowest BCUT2D eigenvalue weighted by atomic mass is 10.3. The number of carbonyl (C=O) groups excluding carboxylic acids is 1. The van der Waals surface area contributed by atoms with Gasteiger partial charge in [-0.05, 0) is 6.92 Å². The smallest absolute Gasteiger partial charge is 0.414 e. The lowest BCUT2D eigenvalue weighted by Gasteiger charge is -2.08. The van der Waals surface area contributed by atoms with Crippen LogP contribution in [0.1, 0.15) is 15.4 Å².